The molecule has 1 unspecified atom stereocenters. The molecule has 1 fully saturated rings. The van der Waals surface area contributed by atoms with Gasteiger partial charge >= 0.3 is 0 Å². The fourth-order valence-electron chi connectivity index (χ4n) is 2.73. The highest BCUT2D eigenvalue weighted by Gasteiger charge is 2.39. The Morgan fingerprint density at radius 1 is 1.40 bits per heavy atom. The third kappa shape index (κ3) is 3.91. The molecule has 7 nitrogen and oxygen atoms in total. The summed E-state index contributed by atoms with van der Waals surface area (Å²) in [6, 6.07) is 3.55. The van der Waals surface area contributed by atoms with Crippen LogP contribution in [0.1, 0.15) is 12.1 Å². The molecule has 2 heterocycles. The molecule has 1 atom stereocenters. The van der Waals surface area contributed by atoms with E-state index in [0.29, 0.717) is 19.6 Å². The van der Waals surface area contributed by atoms with Crippen LogP contribution in [-0.4, -0.2) is 59.3 Å². The highest BCUT2D eigenvalue weighted by Crippen LogP contribution is 2.29. The molecule has 0 N–H and O–H groups in total. The first-order valence-electron chi connectivity index (χ1n) is 7.78. The van der Waals surface area contributed by atoms with E-state index in [1.165, 1.54) is 16.4 Å². The lowest BCUT2D eigenvalue weighted by Gasteiger charge is -2.39. The van der Waals surface area contributed by atoms with Crippen LogP contribution in [0.25, 0.3) is 0 Å². The Hall–Kier alpha value is -1.36. The second kappa shape index (κ2) is 7.10. The first kappa shape index (κ1) is 18.4. The molecule has 10 heteroatoms. The van der Waals surface area contributed by atoms with Gasteiger partial charge in [-0.15, -0.1) is 5.10 Å². The quantitative estimate of drug-likeness (QED) is 0.695. The lowest BCUT2D eigenvalue weighted by molar-refractivity contribution is 0.172. The summed E-state index contributed by atoms with van der Waals surface area (Å²) in [7, 11) is 0.233. The van der Waals surface area contributed by atoms with Gasteiger partial charge in [0.15, 0.2) is 0 Å². The van der Waals surface area contributed by atoms with Gasteiger partial charge in [-0.2, -0.15) is 4.31 Å². The van der Waals surface area contributed by atoms with Crippen molar-refractivity contribution in [2.75, 3.05) is 20.6 Å². The molecule has 0 saturated carbocycles. The minimum absolute atomic E-state index is 0.0809. The Morgan fingerprint density at radius 2 is 2.16 bits per heavy atom. The van der Waals surface area contributed by atoms with Gasteiger partial charge in [0.1, 0.15) is 5.82 Å². The Bertz CT molecular complexity index is 871. The fourth-order valence-corrected chi connectivity index (χ4v) is 4.95. The van der Waals surface area contributed by atoms with Crippen molar-refractivity contribution < 1.29 is 12.8 Å². The third-order valence-corrected chi connectivity index (χ3v) is 6.61. The topological polar surface area (TPSA) is 71.3 Å². The van der Waals surface area contributed by atoms with Crippen LogP contribution in [0.5, 0.6) is 0 Å². The molecule has 0 spiro atoms. The largest absolute Gasteiger partial charge is 0.303 e. The summed E-state index contributed by atoms with van der Waals surface area (Å²) in [5.74, 6) is -0.491. The van der Waals surface area contributed by atoms with Crippen molar-refractivity contribution in [3.63, 3.8) is 0 Å². The molecule has 1 aliphatic rings. The maximum Gasteiger partial charge on any atom is 0.243 e. The summed E-state index contributed by atoms with van der Waals surface area (Å²) in [5, 5.41) is 8.16. The smallest absolute Gasteiger partial charge is 0.243 e. The van der Waals surface area contributed by atoms with Crippen LogP contribution < -0.4 is 0 Å². The Kier molecular flexibility index (Phi) is 5.24. The number of benzene rings is 1. The van der Waals surface area contributed by atoms with Crippen LogP contribution >= 0.6 is 15.9 Å². The summed E-state index contributed by atoms with van der Waals surface area (Å²) in [6.45, 7) is 1.57. The molecule has 25 heavy (non-hydrogen) atoms. The first-order valence-corrected chi connectivity index (χ1v) is 10.0. The zero-order chi connectivity index (χ0) is 18.2. The summed E-state index contributed by atoms with van der Waals surface area (Å²) in [6.07, 6.45) is 2.59. The first-order chi connectivity index (χ1) is 11.8. The van der Waals surface area contributed by atoms with Crippen molar-refractivity contribution in [3.05, 3.63) is 40.4 Å². The van der Waals surface area contributed by atoms with Crippen molar-refractivity contribution in [2.24, 2.45) is 0 Å². The zero-order valence-corrected chi connectivity index (χ0v) is 16.3. The van der Waals surface area contributed by atoms with Crippen molar-refractivity contribution in [1.29, 1.82) is 0 Å². The predicted molar refractivity (Wildman–Crippen MR) is 93.8 cm³/mol. The lowest BCUT2D eigenvalue weighted by Crippen LogP contribution is -2.52. The fraction of sp³-hybridized carbons (Fsp3) is 0.467. The third-order valence-electron chi connectivity index (χ3n) is 4.05. The van der Waals surface area contributed by atoms with Gasteiger partial charge in [0.25, 0.3) is 0 Å². The van der Waals surface area contributed by atoms with Gasteiger partial charge in [0.05, 0.1) is 21.6 Å². The molecule has 1 aliphatic heterocycles. The Balaban J connectivity index is 1.73. The van der Waals surface area contributed by atoms with Crippen molar-refractivity contribution >= 4 is 26.0 Å². The number of halogens is 2. The van der Waals surface area contributed by atoms with Gasteiger partial charge in [-0.1, -0.05) is 5.21 Å². The van der Waals surface area contributed by atoms with E-state index < -0.39 is 15.8 Å². The van der Waals surface area contributed by atoms with E-state index >= 15 is 0 Å². The highest BCUT2D eigenvalue weighted by molar-refractivity contribution is 9.10. The molecular weight excluding hydrogens is 413 g/mol. The van der Waals surface area contributed by atoms with E-state index in [0.717, 1.165) is 18.2 Å². The highest BCUT2D eigenvalue weighted by atomic mass is 79.9. The number of hydrogen-bond acceptors (Lipinski definition) is 5. The van der Waals surface area contributed by atoms with Gasteiger partial charge in [0.2, 0.25) is 10.0 Å². The normalized spacial score (nSPS) is 18.5. The molecule has 1 saturated heterocycles. The second-order valence-corrected chi connectivity index (χ2v) is 9.05. The predicted octanol–water partition coefficient (Wildman–Crippen LogP) is 1.70. The van der Waals surface area contributed by atoms with Crippen molar-refractivity contribution in [3.8, 4) is 0 Å². The van der Waals surface area contributed by atoms with Crippen LogP contribution in [0.15, 0.2) is 33.8 Å². The van der Waals surface area contributed by atoms with Gasteiger partial charge in [-0.25, -0.2) is 12.8 Å². The summed E-state index contributed by atoms with van der Waals surface area (Å²) in [4.78, 5) is 2.07. The standard InChI is InChI=1S/C15H19BrFN5O2S/c1-20(2)8-11-9-21(19-18-11)10-12-5-6-22(12)25(23,24)13-3-4-15(17)14(16)7-13/h3-4,7,9,12H,5-6,8,10H2,1-2H3. The minimum Gasteiger partial charge on any atom is -0.303 e. The van der Waals surface area contributed by atoms with Crippen molar-refractivity contribution in [2.45, 2.75) is 30.4 Å². The van der Waals surface area contributed by atoms with Crippen LogP contribution in [0.3, 0.4) is 0 Å². The number of hydrogen-bond donors (Lipinski definition) is 0. The monoisotopic (exact) mass is 431 g/mol. The van der Waals surface area contributed by atoms with E-state index in [2.05, 4.69) is 26.2 Å². The van der Waals surface area contributed by atoms with E-state index in [1.807, 2.05) is 25.2 Å². The van der Waals surface area contributed by atoms with Crippen LogP contribution in [-0.2, 0) is 23.1 Å². The van der Waals surface area contributed by atoms with Gasteiger partial charge in [-0.05, 0) is 54.6 Å². The maximum atomic E-state index is 13.4. The summed E-state index contributed by atoms with van der Waals surface area (Å²) < 4.78 is 42.1. The maximum absolute atomic E-state index is 13.4. The van der Waals surface area contributed by atoms with Crippen LogP contribution in [0, 0.1) is 5.82 Å². The van der Waals surface area contributed by atoms with Gasteiger partial charge in [-0.3, -0.25) is 4.68 Å². The number of aromatic nitrogens is 3. The molecule has 2 aromatic rings. The average Bonchev–Trinajstić information content (AvgIpc) is 2.92. The molecule has 0 amide bonds. The van der Waals surface area contributed by atoms with Gasteiger partial charge in [0, 0.05) is 25.3 Å². The molecule has 1 aromatic heterocycles. The van der Waals surface area contributed by atoms with Crippen molar-refractivity contribution in [1.82, 2.24) is 24.2 Å². The molecule has 136 valence electrons. The SMILES string of the molecule is CN(C)Cc1cn(CC2CCN2S(=O)(=O)c2ccc(F)c(Br)c2)nn1. The van der Waals surface area contributed by atoms with Gasteiger partial charge < -0.3 is 4.90 Å². The van der Waals surface area contributed by atoms with E-state index in [-0.39, 0.29) is 15.4 Å². The van der Waals surface area contributed by atoms with Crippen LogP contribution in [0.4, 0.5) is 4.39 Å². The van der Waals surface area contributed by atoms with Crippen LogP contribution in [0.2, 0.25) is 0 Å². The molecule has 0 bridgehead atoms. The number of sulfonamides is 1. The van der Waals surface area contributed by atoms with E-state index in [4.69, 9.17) is 0 Å². The molecule has 0 aliphatic carbocycles. The lowest BCUT2D eigenvalue weighted by atomic mass is 10.1. The molecule has 0 radical (unpaired) electrons. The average molecular weight is 432 g/mol. The Labute approximate surface area is 154 Å². The summed E-state index contributed by atoms with van der Waals surface area (Å²) in [5.41, 5.74) is 0.834. The molecular formula is C15H19BrFN5O2S. The number of nitrogens with zero attached hydrogens (tertiary/aromatic N) is 5. The zero-order valence-electron chi connectivity index (χ0n) is 13.9. The second-order valence-electron chi connectivity index (χ2n) is 6.30. The minimum atomic E-state index is -3.66. The van der Waals surface area contributed by atoms with E-state index in [9.17, 15) is 12.8 Å². The molecule has 3 rings (SSSR count). The Morgan fingerprint density at radius 3 is 2.76 bits per heavy atom. The van der Waals surface area contributed by atoms with E-state index in [1.54, 1.807) is 4.68 Å². The number of rotatable bonds is 6. The molecule has 1 aromatic carbocycles. The summed E-state index contributed by atoms with van der Waals surface area (Å²) >= 11 is 3.03.